The minimum absolute atomic E-state index is 0.118. The molecule has 3 rings (SSSR count). The molecular weight excluding hydrogens is 364 g/mol. The van der Waals surface area contributed by atoms with Crippen molar-refractivity contribution in [3.05, 3.63) is 90.0 Å². The molecule has 0 saturated carbocycles. The van der Waals surface area contributed by atoms with Crippen molar-refractivity contribution in [1.29, 1.82) is 0 Å². The molecule has 1 aromatic heterocycles. The van der Waals surface area contributed by atoms with E-state index < -0.39 is 6.04 Å². The predicted molar refractivity (Wildman–Crippen MR) is 113 cm³/mol. The molecule has 3 aromatic rings. The normalized spacial score (nSPS) is 13.0. The van der Waals surface area contributed by atoms with E-state index in [1.165, 1.54) is 5.56 Å². The number of nitrogens with one attached hydrogen (secondary N) is 1. The van der Waals surface area contributed by atoms with Crippen molar-refractivity contribution in [2.75, 3.05) is 6.61 Å². The number of aromatic nitrogens is 2. The van der Waals surface area contributed by atoms with Gasteiger partial charge in [0.05, 0.1) is 31.3 Å². The lowest BCUT2D eigenvalue weighted by Crippen LogP contribution is -2.46. The van der Waals surface area contributed by atoms with Gasteiger partial charge in [-0.2, -0.15) is 0 Å². The van der Waals surface area contributed by atoms with Gasteiger partial charge in [-0.3, -0.25) is 4.79 Å². The highest BCUT2D eigenvalue weighted by Gasteiger charge is 2.17. The second kappa shape index (κ2) is 10.5. The zero-order valence-electron chi connectivity index (χ0n) is 16.7. The Morgan fingerprint density at radius 3 is 2.45 bits per heavy atom. The molecule has 1 unspecified atom stereocenters. The highest BCUT2D eigenvalue weighted by atomic mass is 16.5. The zero-order chi connectivity index (χ0) is 20.5. The van der Waals surface area contributed by atoms with Crippen molar-refractivity contribution < 1.29 is 9.53 Å². The summed E-state index contributed by atoms with van der Waals surface area (Å²) in [5, 5.41) is 2.91. The summed E-state index contributed by atoms with van der Waals surface area (Å²) >= 11 is 0. The molecule has 0 saturated heterocycles. The van der Waals surface area contributed by atoms with Crippen LogP contribution in [0, 0.1) is 0 Å². The van der Waals surface area contributed by atoms with Gasteiger partial charge in [0, 0.05) is 25.2 Å². The summed E-state index contributed by atoms with van der Waals surface area (Å²) in [5.41, 5.74) is 9.18. The summed E-state index contributed by atoms with van der Waals surface area (Å²) in [6.07, 6.45) is 4.10. The maximum absolute atomic E-state index is 12.4. The van der Waals surface area contributed by atoms with E-state index >= 15 is 0 Å². The molecule has 0 radical (unpaired) electrons. The monoisotopic (exact) mass is 392 g/mol. The van der Waals surface area contributed by atoms with Crippen LogP contribution in [-0.2, 0) is 29.1 Å². The third-order valence-corrected chi connectivity index (χ3v) is 4.53. The van der Waals surface area contributed by atoms with Crippen LogP contribution in [0.5, 0.6) is 0 Å². The van der Waals surface area contributed by atoms with Gasteiger partial charge >= 0.3 is 0 Å². The largest absolute Gasteiger partial charge is 0.375 e. The van der Waals surface area contributed by atoms with Gasteiger partial charge in [-0.15, -0.1) is 0 Å². The topological polar surface area (TPSA) is 82.2 Å². The molecule has 0 bridgehead atoms. The quantitative estimate of drug-likeness (QED) is 0.555. The summed E-state index contributed by atoms with van der Waals surface area (Å²) in [6.45, 7) is 3.60. The fraction of sp³-hybridized carbons (Fsp3) is 0.304. The molecule has 6 nitrogen and oxygen atoms in total. The number of ether oxygens (including phenoxy) is 1. The third kappa shape index (κ3) is 6.85. The number of nitrogens with zero attached hydrogens (tertiary/aromatic N) is 2. The maximum Gasteiger partial charge on any atom is 0.237 e. The first kappa shape index (κ1) is 20.8. The second-order valence-electron chi connectivity index (χ2n) is 7.24. The number of rotatable bonds is 10. The van der Waals surface area contributed by atoms with Crippen molar-refractivity contribution in [2.24, 2.45) is 5.73 Å². The SMILES string of the molecule is CC(COCc1ccccc1)NC(=O)[C@@H](N)Cc1cn(Cc2ccccc2)cn1. The number of benzene rings is 2. The van der Waals surface area contributed by atoms with Crippen molar-refractivity contribution in [3.63, 3.8) is 0 Å². The Bertz CT molecular complexity index is 880. The summed E-state index contributed by atoms with van der Waals surface area (Å²) in [5.74, 6) is -0.196. The maximum atomic E-state index is 12.4. The molecule has 2 aromatic carbocycles. The van der Waals surface area contributed by atoms with E-state index in [0.717, 1.165) is 17.8 Å². The zero-order valence-corrected chi connectivity index (χ0v) is 16.7. The Balaban J connectivity index is 1.40. The van der Waals surface area contributed by atoms with Gasteiger partial charge in [-0.05, 0) is 18.1 Å². The van der Waals surface area contributed by atoms with Crippen LogP contribution in [0.15, 0.2) is 73.2 Å². The number of nitrogens with two attached hydrogens (primary N) is 1. The van der Waals surface area contributed by atoms with E-state index in [1.807, 2.05) is 66.2 Å². The predicted octanol–water partition coefficient (Wildman–Crippen LogP) is 2.52. The molecule has 29 heavy (non-hydrogen) atoms. The molecule has 1 heterocycles. The Morgan fingerprint density at radius 1 is 1.10 bits per heavy atom. The first-order valence-electron chi connectivity index (χ1n) is 9.82. The van der Waals surface area contributed by atoms with Gasteiger partial charge in [0.1, 0.15) is 0 Å². The van der Waals surface area contributed by atoms with Crippen LogP contribution >= 0.6 is 0 Å². The molecule has 0 aliphatic carbocycles. The highest BCUT2D eigenvalue weighted by molar-refractivity contribution is 5.82. The number of carbonyl (C=O) groups is 1. The van der Waals surface area contributed by atoms with Crippen molar-refractivity contribution >= 4 is 5.91 Å². The van der Waals surface area contributed by atoms with Crippen LogP contribution in [0.1, 0.15) is 23.7 Å². The van der Waals surface area contributed by atoms with E-state index in [0.29, 0.717) is 19.6 Å². The lowest BCUT2D eigenvalue weighted by molar-refractivity contribution is -0.123. The van der Waals surface area contributed by atoms with Crippen LogP contribution in [0.2, 0.25) is 0 Å². The summed E-state index contributed by atoms with van der Waals surface area (Å²) in [6, 6.07) is 19.3. The average molecular weight is 393 g/mol. The molecule has 3 N–H and O–H groups in total. The van der Waals surface area contributed by atoms with Crippen LogP contribution in [0.4, 0.5) is 0 Å². The number of imidazole rings is 1. The summed E-state index contributed by atoms with van der Waals surface area (Å²) < 4.78 is 7.66. The summed E-state index contributed by atoms with van der Waals surface area (Å²) in [4.78, 5) is 16.7. The molecule has 0 fully saturated rings. The molecule has 0 aliphatic rings. The van der Waals surface area contributed by atoms with E-state index in [1.54, 1.807) is 6.33 Å². The van der Waals surface area contributed by atoms with Gasteiger partial charge in [0.2, 0.25) is 5.91 Å². The Kier molecular flexibility index (Phi) is 7.55. The van der Waals surface area contributed by atoms with E-state index in [9.17, 15) is 4.79 Å². The molecule has 0 spiro atoms. The lowest BCUT2D eigenvalue weighted by atomic mass is 10.1. The van der Waals surface area contributed by atoms with Gasteiger partial charge < -0.3 is 20.4 Å². The fourth-order valence-corrected chi connectivity index (χ4v) is 3.03. The highest BCUT2D eigenvalue weighted by Crippen LogP contribution is 2.06. The lowest BCUT2D eigenvalue weighted by Gasteiger charge is -2.17. The van der Waals surface area contributed by atoms with Crippen LogP contribution < -0.4 is 11.1 Å². The number of hydrogen-bond donors (Lipinski definition) is 2. The van der Waals surface area contributed by atoms with E-state index in [2.05, 4.69) is 22.4 Å². The summed E-state index contributed by atoms with van der Waals surface area (Å²) in [7, 11) is 0. The minimum atomic E-state index is -0.647. The molecule has 152 valence electrons. The van der Waals surface area contributed by atoms with E-state index in [4.69, 9.17) is 10.5 Å². The van der Waals surface area contributed by atoms with Crippen LogP contribution in [0.3, 0.4) is 0 Å². The van der Waals surface area contributed by atoms with Crippen LogP contribution in [0.25, 0.3) is 0 Å². The molecule has 1 amide bonds. The Hall–Kier alpha value is -2.96. The molecule has 0 aliphatic heterocycles. The molecule has 6 heteroatoms. The standard InChI is InChI=1S/C23H28N4O2/c1-18(15-29-16-20-10-6-3-7-11-20)26-23(28)22(24)12-21-14-27(17-25-21)13-19-8-4-2-5-9-19/h2-11,14,17-18,22H,12-13,15-16,24H2,1H3,(H,26,28)/t18?,22-/m0/s1. The number of hydrogen-bond acceptors (Lipinski definition) is 4. The van der Waals surface area contributed by atoms with Gasteiger partial charge in [-0.1, -0.05) is 60.7 Å². The van der Waals surface area contributed by atoms with Crippen molar-refractivity contribution in [2.45, 2.75) is 38.6 Å². The van der Waals surface area contributed by atoms with E-state index in [-0.39, 0.29) is 11.9 Å². The molecular formula is C23H28N4O2. The van der Waals surface area contributed by atoms with Gasteiger partial charge in [0.15, 0.2) is 0 Å². The first-order valence-corrected chi connectivity index (χ1v) is 9.82. The first-order chi connectivity index (χ1) is 14.1. The Morgan fingerprint density at radius 2 is 1.76 bits per heavy atom. The average Bonchev–Trinajstić information content (AvgIpc) is 3.16. The fourth-order valence-electron chi connectivity index (χ4n) is 3.03. The molecule has 2 atom stereocenters. The number of amides is 1. The van der Waals surface area contributed by atoms with Gasteiger partial charge in [-0.25, -0.2) is 4.98 Å². The smallest absolute Gasteiger partial charge is 0.237 e. The van der Waals surface area contributed by atoms with Crippen LogP contribution in [-0.4, -0.2) is 34.1 Å². The number of carbonyl (C=O) groups excluding carboxylic acids is 1. The Labute approximate surface area is 171 Å². The van der Waals surface area contributed by atoms with Gasteiger partial charge in [0.25, 0.3) is 0 Å². The minimum Gasteiger partial charge on any atom is -0.375 e. The third-order valence-electron chi connectivity index (χ3n) is 4.53. The second-order valence-corrected chi connectivity index (χ2v) is 7.24. The van der Waals surface area contributed by atoms with Crippen molar-refractivity contribution in [3.8, 4) is 0 Å². The van der Waals surface area contributed by atoms with Crippen molar-refractivity contribution in [1.82, 2.24) is 14.9 Å².